The standard InChI is InChI=1S/C13H15N3O2/c1-15-9-10(4-5-12(15)17)16-7-6-14-13(16)11-3-2-8-18-11/h2-3,6-8,10H,4-5,9H2,1H3. The van der Waals surface area contributed by atoms with Gasteiger partial charge in [-0.25, -0.2) is 4.98 Å². The Balaban J connectivity index is 1.89. The van der Waals surface area contributed by atoms with Gasteiger partial charge in [-0.1, -0.05) is 0 Å². The molecule has 0 aromatic carbocycles. The Morgan fingerprint density at radius 1 is 1.50 bits per heavy atom. The molecule has 5 heteroatoms. The molecule has 0 saturated carbocycles. The molecule has 2 aromatic rings. The molecular weight excluding hydrogens is 230 g/mol. The molecule has 0 aliphatic carbocycles. The monoisotopic (exact) mass is 245 g/mol. The predicted molar refractivity (Wildman–Crippen MR) is 65.8 cm³/mol. The molecule has 3 rings (SSSR count). The molecule has 2 aromatic heterocycles. The number of carbonyl (C=O) groups excluding carboxylic acids is 1. The van der Waals surface area contributed by atoms with Crippen molar-refractivity contribution in [3.63, 3.8) is 0 Å². The Morgan fingerprint density at radius 3 is 3.11 bits per heavy atom. The van der Waals surface area contributed by atoms with Crippen molar-refractivity contribution in [2.24, 2.45) is 0 Å². The first-order chi connectivity index (χ1) is 8.75. The highest BCUT2D eigenvalue weighted by atomic mass is 16.3. The van der Waals surface area contributed by atoms with Gasteiger partial charge in [0.05, 0.1) is 12.3 Å². The van der Waals surface area contributed by atoms with E-state index in [1.807, 2.05) is 25.4 Å². The maximum atomic E-state index is 11.5. The molecule has 1 aliphatic rings. The highest BCUT2D eigenvalue weighted by molar-refractivity contribution is 5.76. The molecule has 1 atom stereocenters. The third-order valence-electron chi connectivity index (χ3n) is 3.41. The number of rotatable bonds is 2. The van der Waals surface area contributed by atoms with Gasteiger partial charge < -0.3 is 13.9 Å². The number of furan rings is 1. The van der Waals surface area contributed by atoms with Gasteiger partial charge in [0.2, 0.25) is 5.91 Å². The molecule has 0 N–H and O–H groups in total. The fourth-order valence-corrected chi connectivity index (χ4v) is 2.42. The number of nitrogens with zero attached hydrogens (tertiary/aromatic N) is 3. The number of likely N-dealkylation sites (tertiary alicyclic amines) is 1. The average Bonchev–Trinajstić information content (AvgIpc) is 3.00. The number of amides is 1. The van der Waals surface area contributed by atoms with E-state index in [1.54, 1.807) is 17.4 Å². The number of likely N-dealkylation sites (N-methyl/N-ethyl adjacent to an activating group) is 1. The van der Waals surface area contributed by atoms with Crippen LogP contribution in [0.3, 0.4) is 0 Å². The lowest BCUT2D eigenvalue weighted by molar-refractivity contribution is -0.132. The molecular formula is C13H15N3O2. The Morgan fingerprint density at radius 2 is 2.39 bits per heavy atom. The van der Waals surface area contributed by atoms with Gasteiger partial charge in [-0.3, -0.25) is 4.79 Å². The minimum atomic E-state index is 0.214. The van der Waals surface area contributed by atoms with Gasteiger partial charge in [-0.2, -0.15) is 0 Å². The molecule has 0 spiro atoms. The van der Waals surface area contributed by atoms with Crippen molar-refractivity contribution in [1.29, 1.82) is 0 Å². The Kier molecular flexibility index (Phi) is 2.66. The lowest BCUT2D eigenvalue weighted by Crippen LogP contribution is -2.37. The van der Waals surface area contributed by atoms with Crippen LogP contribution in [-0.4, -0.2) is 34.0 Å². The van der Waals surface area contributed by atoms with Gasteiger partial charge in [-0.15, -0.1) is 0 Å². The summed E-state index contributed by atoms with van der Waals surface area (Å²) in [5, 5.41) is 0. The first-order valence-electron chi connectivity index (χ1n) is 6.06. The van der Waals surface area contributed by atoms with Crippen molar-refractivity contribution in [3.05, 3.63) is 30.8 Å². The maximum Gasteiger partial charge on any atom is 0.222 e. The van der Waals surface area contributed by atoms with Crippen LogP contribution < -0.4 is 0 Å². The third kappa shape index (κ3) is 1.81. The SMILES string of the molecule is CN1CC(n2ccnc2-c2ccco2)CCC1=O. The summed E-state index contributed by atoms with van der Waals surface area (Å²) in [5.74, 6) is 1.80. The number of aromatic nitrogens is 2. The minimum absolute atomic E-state index is 0.214. The summed E-state index contributed by atoms with van der Waals surface area (Å²) in [6.07, 6.45) is 6.81. The fraction of sp³-hybridized carbons (Fsp3) is 0.385. The summed E-state index contributed by atoms with van der Waals surface area (Å²) >= 11 is 0. The largest absolute Gasteiger partial charge is 0.461 e. The second-order valence-corrected chi connectivity index (χ2v) is 4.60. The van der Waals surface area contributed by atoms with Crippen LogP contribution in [0.1, 0.15) is 18.9 Å². The van der Waals surface area contributed by atoms with E-state index in [9.17, 15) is 4.79 Å². The van der Waals surface area contributed by atoms with Gasteiger partial charge in [0, 0.05) is 32.4 Å². The Hall–Kier alpha value is -2.04. The van der Waals surface area contributed by atoms with Gasteiger partial charge >= 0.3 is 0 Å². The highest BCUT2D eigenvalue weighted by Gasteiger charge is 2.26. The van der Waals surface area contributed by atoms with Gasteiger partial charge in [0.1, 0.15) is 0 Å². The zero-order valence-corrected chi connectivity index (χ0v) is 10.2. The molecule has 1 amide bonds. The molecule has 18 heavy (non-hydrogen) atoms. The fourth-order valence-electron chi connectivity index (χ4n) is 2.42. The Labute approximate surface area is 105 Å². The van der Waals surface area contributed by atoms with Crippen molar-refractivity contribution in [3.8, 4) is 11.6 Å². The van der Waals surface area contributed by atoms with Crippen LogP contribution in [0.5, 0.6) is 0 Å². The van der Waals surface area contributed by atoms with E-state index in [0.717, 1.165) is 24.6 Å². The molecule has 0 radical (unpaired) electrons. The van der Waals surface area contributed by atoms with Crippen molar-refractivity contribution in [2.45, 2.75) is 18.9 Å². The van der Waals surface area contributed by atoms with Crippen molar-refractivity contribution < 1.29 is 9.21 Å². The first-order valence-corrected chi connectivity index (χ1v) is 6.06. The summed E-state index contributed by atoms with van der Waals surface area (Å²) in [5.41, 5.74) is 0. The molecule has 1 aliphatic heterocycles. The van der Waals surface area contributed by atoms with E-state index < -0.39 is 0 Å². The van der Waals surface area contributed by atoms with E-state index in [-0.39, 0.29) is 11.9 Å². The number of hydrogen-bond acceptors (Lipinski definition) is 3. The number of hydrogen-bond donors (Lipinski definition) is 0. The van der Waals surface area contributed by atoms with E-state index in [2.05, 4.69) is 9.55 Å². The summed E-state index contributed by atoms with van der Waals surface area (Å²) in [7, 11) is 1.85. The number of carbonyl (C=O) groups is 1. The third-order valence-corrected chi connectivity index (χ3v) is 3.41. The second-order valence-electron chi connectivity index (χ2n) is 4.60. The minimum Gasteiger partial charge on any atom is -0.461 e. The van der Waals surface area contributed by atoms with Crippen LogP contribution in [0.4, 0.5) is 0 Å². The topological polar surface area (TPSA) is 51.3 Å². The lowest BCUT2D eigenvalue weighted by Gasteiger charge is -2.31. The van der Waals surface area contributed by atoms with Crippen LogP contribution in [0.25, 0.3) is 11.6 Å². The zero-order chi connectivity index (χ0) is 12.5. The molecule has 3 heterocycles. The van der Waals surface area contributed by atoms with Crippen molar-refractivity contribution >= 4 is 5.91 Å². The number of piperidine rings is 1. The quantitative estimate of drug-likeness (QED) is 0.812. The van der Waals surface area contributed by atoms with Crippen LogP contribution in [0.15, 0.2) is 35.2 Å². The first kappa shape index (κ1) is 11.1. The van der Waals surface area contributed by atoms with Crippen molar-refractivity contribution in [1.82, 2.24) is 14.5 Å². The van der Waals surface area contributed by atoms with E-state index in [0.29, 0.717) is 6.42 Å². The van der Waals surface area contributed by atoms with Gasteiger partial charge in [-0.05, 0) is 18.6 Å². The second kappa shape index (κ2) is 4.33. The van der Waals surface area contributed by atoms with E-state index in [4.69, 9.17) is 4.42 Å². The predicted octanol–water partition coefficient (Wildman–Crippen LogP) is 1.94. The van der Waals surface area contributed by atoms with E-state index in [1.165, 1.54) is 0 Å². The van der Waals surface area contributed by atoms with Crippen molar-refractivity contribution in [2.75, 3.05) is 13.6 Å². The normalized spacial score (nSPS) is 20.4. The van der Waals surface area contributed by atoms with Crippen LogP contribution >= 0.6 is 0 Å². The van der Waals surface area contributed by atoms with Crippen LogP contribution in [0, 0.1) is 0 Å². The number of imidazole rings is 1. The molecule has 0 bridgehead atoms. The van der Waals surface area contributed by atoms with Crippen LogP contribution in [-0.2, 0) is 4.79 Å². The average molecular weight is 245 g/mol. The molecule has 5 nitrogen and oxygen atoms in total. The summed E-state index contributed by atoms with van der Waals surface area (Å²) in [4.78, 5) is 17.6. The van der Waals surface area contributed by atoms with E-state index >= 15 is 0 Å². The Bertz CT molecular complexity index is 544. The summed E-state index contributed by atoms with van der Waals surface area (Å²) < 4.78 is 7.49. The molecule has 1 saturated heterocycles. The zero-order valence-electron chi connectivity index (χ0n) is 10.2. The smallest absolute Gasteiger partial charge is 0.222 e. The maximum absolute atomic E-state index is 11.5. The van der Waals surface area contributed by atoms with Gasteiger partial charge in [0.25, 0.3) is 0 Å². The highest BCUT2D eigenvalue weighted by Crippen LogP contribution is 2.27. The molecule has 94 valence electrons. The molecule has 1 unspecified atom stereocenters. The lowest BCUT2D eigenvalue weighted by atomic mass is 10.1. The van der Waals surface area contributed by atoms with Crippen LogP contribution in [0.2, 0.25) is 0 Å². The summed E-state index contributed by atoms with van der Waals surface area (Å²) in [6, 6.07) is 4.02. The molecule has 1 fully saturated rings. The van der Waals surface area contributed by atoms with Gasteiger partial charge in [0.15, 0.2) is 11.6 Å². The summed E-state index contributed by atoms with van der Waals surface area (Å²) in [6.45, 7) is 0.725.